The summed E-state index contributed by atoms with van der Waals surface area (Å²) in [6.07, 6.45) is 2.69. The average Bonchev–Trinajstić information content (AvgIpc) is 3.17. The van der Waals surface area contributed by atoms with E-state index in [1.54, 1.807) is 29.2 Å². The van der Waals surface area contributed by atoms with Gasteiger partial charge in [-0.2, -0.15) is 0 Å². The smallest absolute Gasteiger partial charge is 0.319 e. The van der Waals surface area contributed by atoms with Crippen molar-refractivity contribution in [1.29, 1.82) is 0 Å². The molecule has 0 bridgehead atoms. The quantitative estimate of drug-likeness (QED) is 0.624. The molecule has 1 aliphatic heterocycles. The third kappa shape index (κ3) is 4.41. The fraction of sp³-hybridized carbons (Fsp3) is 0.273. The van der Waals surface area contributed by atoms with Crippen LogP contribution in [-0.2, 0) is 11.2 Å². The summed E-state index contributed by atoms with van der Waals surface area (Å²) in [6.45, 7) is 2.69. The molecule has 150 valence electrons. The number of hydrogen-bond acceptors (Lipinski definition) is 3. The lowest BCUT2D eigenvalue weighted by Gasteiger charge is -2.27. The van der Waals surface area contributed by atoms with Gasteiger partial charge in [0.1, 0.15) is 0 Å². The van der Waals surface area contributed by atoms with Crippen molar-refractivity contribution in [2.45, 2.75) is 6.42 Å². The molecule has 2 aromatic carbocycles. The molecule has 0 unspecified atom stereocenters. The van der Waals surface area contributed by atoms with E-state index < -0.39 is 0 Å². The van der Waals surface area contributed by atoms with Gasteiger partial charge in [-0.05, 0) is 30.2 Å². The molecule has 3 amide bonds. The second kappa shape index (κ2) is 8.79. The zero-order valence-electron chi connectivity index (χ0n) is 16.1. The van der Waals surface area contributed by atoms with E-state index >= 15 is 0 Å². The number of rotatable bonds is 5. The SMILES string of the molecule is O=C(NCCc1c[nH]c2ccccc12)Nc1ccccc1C(=O)N1CCOCC1. The Bertz CT molecular complexity index is 1010. The number of amides is 3. The Kier molecular flexibility index (Phi) is 5.76. The zero-order valence-corrected chi connectivity index (χ0v) is 16.1. The molecule has 0 atom stereocenters. The minimum absolute atomic E-state index is 0.0945. The second-order valence-electron chi connectivity index (χ2n) is 6.94. The van der Waals surface area contributed by atoms with Crippen LogP contribution in [0.2, 0.25) is 0 Å². The number of anilines is 1. The number of nitrogens with one attached hydrogen (secondary N) is 3. The number of benzene rings is 2. The number of morpholine rings is 1. The van der Waals surface area contributed by atoms with E-state index in [0.29, 0.717) is 50.5 Å². The van der Waals surface area contributed by atoms with Crippen molar-refractivity contribution >= 4 is 28.5 Å². The maximum Gasteiger partial charge on any atom is 0.319 e. The monoisotopic (exact) mass is 392 g/mol. The summed E-state index contributed by atoms with van der Waals surface area (Å²) >= 11 is 0. The zero-order chi connectivity index (χ0) is 20.1. The summed E-state index contributed by atoms with van der Waals surface area (Å²) in [6, 6.07) is 14.8. The van der Waals surface area contributed by atoms with Gasteiger partial charge in [0.15, 0.2) is 0 Å². The van der Waals surface area contributed by atoms with E-state index in [-0.39, 0.29) is 11.9 Å². The Morgan fingerprint density at radius 3 is 2.66 bits per heavy atom. The molecule has 7 nitrogen and oxygen atoms in total. The predicted octanol–water partition coefficient (Wildman–Crippen LogP) is 3.00. The van der Waals surface area contributed by atoms with Crippen LogP contribution in [0.25, 0.3) is 10.9 Å². The van der Waals surface area contributed by atoms with Crippen molar-refractivity contribution in [1.82, 2.24) is 15.2 Å². The molecule has 0 aliphatic carbocycles. The molecular formula is C22H24N4O3. The minimum Gasteiger partial charge on any atom is -0.378 e. The highest BCUT2D eigenvalue weighted by molar-refractivity contribution is 6.03. The van der Waals surface area contributed by atoms with E-state index in [1.165, 1.54) is 0 Å². The molecule has 2 heterocycles. The van der Waals surface area contributed by atoms with Crippen LogP contribution in [0, 0.1) is 0 Å². The standard InChI is InChI=1S/C22H24N4O3/c27-21(26-11-13-29-14-12-26)18-6-2-4-8-20(18)25-22(28)23-10-9-16-15-24-19-7-3-1-5-17(16)19/h1-8,15,24H,9-14H2,(H2,23,25,28). The lowest BCUT2D eigenvalue weighted by Crippen LogP contribution is -2.41. The van der Waals surface area contributed by atoms with Crippen LogP contribution in [0.3, 0.4) is 0 Å². The summed E-state index contributed by atoms with van der Waals surface area (Å²) in [5.74, 6) is -0.0945. The maximum atomic E-state index is 12.8. The van der Waals surface area contributed by atoms with Crippen LogP contribution in [0.5, 0.6) is 0 Å². The van der Waals surface area contributed by atoms with E-state index in [0.717, 1.165) is 16.5 Å². The number of aromatic nitrogens is 1. The lowest BCUT2D eigenvalue weighted by atomic mass is 10.1. The number of para-hydroxylation sites is 2. The first-order valence-electron chi connectivity index (χ1n) is 9.78. The third-order valence-corrected chi connectivity index (χ3v) is 5.06. The Morgan fingerprint density at radius 2 is 1.79 bits per heavy atom. The number of fused-ring (bicyclic) bond motifs is 1. The van der Waals surface area contributed by atoms with Crippen LogP contribution >= 0.6 is 0 Å². The van der Waals surface area contributed by atoms with Gasteiger partial charge in [-0.1, -0.05) is 30.3 Å². The van der Waals surface area contributed by atoms with E-state index in [1.807, 2.05) is 24.4 Å². The highest BCUT2D eigenvalue weighted by atomic mass is 16.5. The number of carbonyl (C=O) groups excluding carboxylic acids is 2. The summed E-state index contributed by atoms with van der Waals surface area (Å²) in [4.78, 5) is 30.2. The summed E-state index contributed by atoms with van der Waals surface area (Å²) in [5.41, 5.74) is 3.24. The van der Waals surface area contributed by atoms with Crippen LogP contribution in [0.15, 0.2) is 54.7 Å². The van der Waals surface area contributed by atoms with Crippen molar-refractivity contribution in [3.05, 3.63) is 65.9 Å². The van der Waals surface area contributed by atoms with Crippen LogP contribution in [-0.4, -0.2) is 54.7 Å². The highest BCUT2D eigenvalue weighted by Crippen LogP contribution is 2.19. The van der Waals surface area contributed by atoms with Gasteiger partial charge in [0.05, 0.1) is 24.5 Å². The van der Waals surface area contributed by atoms with Crippen molar-refractivity contribution < 1.29 is 14.3 Å². The molecule has 7 heteroatoms. The van der Waals surface area contributed by atoms with Gasteiger partial charge in [-0.3, -0.25) is 4.79 Å². The van der Waals surface area contributed by atoms with Gasteiger partial charge in [0.2, 0.25) is 0 Å². The largest absolute Gasteiger partial charge is 0.378 e. The number of nitrogens with zero attached hydrogens (tertiary/aromatic N) is 1. The van der Waals surface area contributed by atoms with Gasteiger partial charge in [-0.15, -0.1) is 0 Å². The number of carbonyl (C=O) groups is 2. The Hall–Kier alpha value is -3.32. The van der Waals surface area contributed by atoms with Gasteiger partial charge in [-0.25, -0.2) is 4.79 Å². The Morgan fingerprint density at radius 1 is 1.03 bits per heavy atom. The summed E-state index contributed by atoms with van der Waals surface area (Å²) in [7, 11) is 0. The maximum absolute atomic E-state index is 12.8. The molecule has 0 saturated carbocycles. The first-order valence-corrected chi connectivity index (χ1v) is 9.78. The Labute approximate surface area is 169 Å². The minimum atomic E-state index is -0.327. The molecule has 1 aromatic heterocycles. The fourth-order valence-electron chi connectivity index (χ4n) is 3.53. The summed E-state index contributed by atoms with van der Waals surface area (Å²) < 4.78 is 5.31. The van der Waals surface area contributed by atoms with E-state index in [9.17, 15) is 9.59 Å². The van der Waals surface area contributed by atoms with Gasteiger partial charge < -0.3 is 25.3 Å². The average molecular weight is 392 g/mol. The molecule has 4 rings (SSSR count). The molecule has 1 saturated heterocycles. The fourth-order valence-corrected chi connectivity index (χ4v) is 3.53. The highest BCUT2D eigenvalue weighted by Gasteiger charge is 2.21. The topological polar surface area (TPSA) is 86.5 Å². The number of hydrogen-bond donors (Lipinski definition) is 3. The molecule has 3 aromatic rings. The molecular weight excluding hydrogens is 368 g/mol. The van der Waals surface area contributed by atoms with E-state index in [2.05, 4.69) is 21.7 Å². The van der Waals surface area contributed by atoms with E-state index in [4.69, 9.17) is 4.74 Å². The molecule has 3 N–H and O–H groups in total. The number of urea groups is 1. The van der Waals surface area contributed by atoms with Gasteiger partial charge in [0.25, 0.3) is 5.91 Å². The number of H-pyrrole nitrogens is 1. The van der Waals surface area contributed by atoms with Crippen molar-refractivity contribution in [2.75, 3.05) is 38.2 Å². The predicted molar refractivity (Wildman–Crippen MR) is 112 cm³/mol. The third-order valence-electron chi connectivity index (χ3n) is 5.06. The first-order chi connectivity index (χ1) is 14.2. The lowest BCUT2D eigenvalue weighted by molar-refractivity contribution is 0.0303. The number of aromatic amines is 1. The van der Waals surface area contributed by atoms with Gasteiger partial charge >= 0.3 is 6.03 Å². The van der Waals surface area contributed by atoms with Crippen LogP contribution in [0.4, 0.5) is 10.5 Å². The molecule has 0 spiro atoms. The molecule has 1 fully saturated rings. The molecule has 1 aliphatic rings. The van der Waals surface area contributed by atoms with Crippen molar-refractivity contribution in [3.63, 3.8) is 0 Å². The first kappa shape index (κ1) is 19.0. The normalized spacial score (nSPS) is 14.0. The number of ether oxygens (including phenoxy) is 1. The molecule has 29 heavy (non-hydrogen) atoms. The van der Waals surface area contributed by atoms with Crippen molar-refractivity contribution in [2.24, 2.45) is 0 Å². The molecule has 0 radical (unpaired) electrons. The van der Waals surface area contributed by atoms with Gasteiger partial charge in [0, 0.05) is 36.7 Å². The van der Waals surface area contributed by atoms with Crippen molar-refractivity contribution in [3.8, 4) is 0 Å². The van der Waals surface area contributed by atoms with Crippen LogP contribution in [0.1, 0.15) is 15.9 Å². The van der Waals surface area contributed by atoms with Crippen LogP contribution < -0.4 is 10.6 Å². The Balaban J connectivity index is 1.35. The second-order valence-corrected chi connectivity index (χ2v) is 6.94. The summed E-state index contributed by atoms with van der Waals surface area (Å²) in [5, 5.41) is 6.85.